The van der Waals surface area contributed by atoms with E-state index in [1.165, 1.54) is 0 Å². The summed E-state index contributed by atoms with van der Waals surface area (Å²) in [4.78, 5) is 12.1. The van der Waals surface area contributed by atoms with Crippen molar-refractivity contribution in [1.82, 2.24) is 10.6 Å². The summed E-state index contributed by atoms with van der Waals surface area (Å²) in [5.74, 6) is 1.60. The van der Waals surface area contributed by atoms with Crippen LogP contribution in [0.1, 0.15) is 12.0 Å². The van der Waals surface area contributed by atoms with Crippen LogP contribution in [-0.4, -0.2) is 51.0 Å². The van der Waals surface area contributed by atoms with Crippen molar-refractivity contribution in [2.24, 2.45) is 0 Å². The van der Waals surface area contributed by atoms with E-state index in [4.69, 9.17) is 14.2 Å². The van der Waals surface area contributed by atoms with Crippen molar-refractivity contribution in [3.63, 3.8) is 0 Å². The van der Waals surface area contributed by atoms with Crippen LogP contribution < -0.4 is 24.8 Å². The first-order valence-corrected chi connectivity index (χ1v) is 7.07. The number of carbonyl (C=O) groups is 1. The highest BCUT2D eigenvalue weighted by Gasteiger charge is 2.27. The van der Waals surface area contributed by atoms with Gasteiger partial charge in [-0.1, -0.05) is 0 Å². The molecule has 3 N–H and O–H groups in total. The standard InChI is InChI=1S/C15H22N2O5/c1-20-12-6-14(22-3)13(21-2)4-9(12)7-17-15(19)11-5-10(18)8-16-11/h4,6,10-11,16,18H,5,7-8H2,1-3H3,(H,17,19). The second kappa shape index (κ2) is 7.33. The molecule has 0 aliphatic carbocycles. The predicted octanol–water partition coefficient (Wildman–Crippen LogP) is 0.0514. The molecule has 1 heterocycles. The molecular formula is C15H22N2O5. The SMILES string of the molecule is COc1cc(OC)c(OC)cc1CNC(=O)C1CC(O)CN1. The van der Waals surface area contributed by atoms with E-state index in [1.807, 2.05) is 0 Å². The van der Waals surface area contributed by atoms with Crippen LogP contribution in [0.5, 0.6) is 17.2 Å². The van der Waals surface area contributed by atoms with Gasteiger partial charge in [-0.15, -0.1) is 0 Å². The van der Waals surface area contributed by atoms with Gasteiger partial charge in [0.1, 0.15) is 5.75 Å². The molecule has 2 unspecified atom stereocenters. The number of β-amino-alcohol motifs (C(OH)–C–C–N with tert-alkyl or cyclic N) is 1. The van der Waals surface area contributed by atoms with Gasteiger partial charge in [-0.3, -0.25) is 4.79 Å². The number of ether oxygens (including phenoxy) is 3. The van der Waals surface area contributed by atoms with E-state index in [2.05, 4.69) is 10.6 Å². The van der Waals surface area contributed by atoms with Crippen molar-refractivity contribution in [3.8, 4) is 17.2 Å². The Bertz CT molecular complexity index is 535. The molecule has 2 rings (SSSR count). The molecule has 1 aliphatic heterocycles. The second-order valence-corrected chi connectivity index (χ2v) is 5.09. The van der Waals surface area contributed by atoms with Gasteiger partial charge in [0, 0.05) is 24.7 Å². The zero-order valence-corrected chi connectivity index (χ0v) is 13.0. The Morgan fingerprint density at radius 1 is 1.23 bits per heavy atom. The van der Waals surface area contributed by atoms with E-state index in [9.17, 15) is 9.90 Å². The zero-order valence-electron chi connectivity index (χ0n) is 13.0. The number of aliphatic hydroxyl groups is 1. The summed E-state index contributed by atoms with van der Waals surface area (Å²) in [6.45, 7) is 0.744. The zero-order chi connectivity index (χ0) is 16.1. The van der Waals surface area contributed by atoms with Gasteiger partial charge >= 0.3 is 0 Å². The summed E-state index contributed by atoms with van der Waals surface area (Å²) in [6, 6.07) is 3.13. The Morgan fingerprint density at radius 3 is 2.41 bits per heavy atom. The Morgan fingerprint density at radius 2 is 1.86 bits per heavy atom. The van der Waals surface area contributed by atoms with E-state index in [0.29, 0.717) is 36.8 Å². The fourth-order valence-corrected chi connectivity index (χ4v) is 2.45. The van der Waals surface area contributed by atoms with Crippen LogP contribution in [0, 0.1) is 0 Å². The lowest BCUT2D eigenvalue weighted by Gasteiger charge is -2.16. The van der Waals surface area contributed by atoms with Crippen molar-refractivity contribution in [2.75, 3.05) is 27.9 Å². The lowest BCUT2D eigenvalue weighted by Crippen LogP contribution is -2.40. The first kappa shape index (κ1) is 16.4. The minimum atomic E-state index is -0.466. The molecule has 0 spiro atoms. The van der Waals surface area contributed by atoms with Crippen molar-refractivity contribution in [1.29, 1.82) is 0 Å². The third-order valence-electron chi connectivity index (χ3n) is 3.66. The molecule has 0 aromatic heterocycles. The molecule has 0 radical (unpaired) electrons. The normalized spacial score (nSPS) is 20.5. The molecule has 7 nitrogen and oxygen atoms in total. The van der Waals surface area contributed by atoms with Crippen molar-refractivity contribution in [3.05, 3.63) is 17.7 Å². The van der Waals surface area contributed by atoms with Crippen LogP contribution in [0.3, 0.4) is 0 Å². The minimum absolute atomic E-state index is 0.145. The number of hydrogen-bond donors (Lipinski definition) is 3. The highest BCUT2D eigenvalue weighted by Crippen LogP contribution is 2.34. The largest absolute Gasteiger partial charge is 0.496 e. The molecular weight excluding hydrogens is 288 g/mol. The summed E-state index contributed by atoms with van der Waals surface area (Å²) in [6.07, 6.45) is -0.0408. The Balaban J connectivity index is 2.06. The smallest absolute Gasteiger partial charge is 0.237 e. The molecule has 122 valence electrons. The third-order valence-corrected chi connectivity index (χ3v) is 3.66. The molecule has 1 aromatic carbocycles. The third kappa shape index (κ3) is 3.61. The molecule has 2 atom stereocenters. The van der Waals surface area contributed by atoms with Crippen LogP contribution in [0.2, 0.25) is 0 Å². The molecule has 22 heavy (non-hydrogen) atoms. The highest BCUT2D eigenvalue weighted by atomic mass is 16.5. The number of nitrogens with one attached hydrogen (secondary N) is 2. The predicted molar refractivity (Wildman–Crippen MR) is 80.4 cm³/mol. The lowest BCUT2D eigenvalue weighted by molar-refractivity contribution is -0.123. The average Bonchev–Trinajstić information content (AvgIpc) is 2.98. The molecule has 1 aliphatic rings. The number of rotatable bonds is 6. The topological polar surface area (TPSA) is 89.0 Å². The van der Waals surface area contributed by atoms with Gasteiger partial charge in [0.05, 0.1) is 33.5 Å². The molecule has 1 aromatic rings. The van der Waals surface area contributed by atoms with E-state index in [1.54, 1.807) is 33.5 Å². The summed E-state index contributed by atoms with van der Waals surface area (Å²) < 4.78 is 15.8. The van der Waals surface area contributed by atoms with E-state index in [0.717, 1.165) is 5.56 Å². The van der Waals surface area contributed by atoms with Crippen molar-refractivity contribution < 1.29 is 24.1 Å². The van der Waals surface area contributed by atoms with Gasteiger partial charge < -0.3 is 30.0 Å². The van der Waals surface area contributed by atoms with Crippen LogP contribution in [-0.2, 0) is 11.3 Å². The van der Waals surface area contributed by atoms with Crippen LogP contribution in [0.25, 0.3) is 0 Å². The first-order valence-electron chi connectivity index (χ1n) is 7.07. The Hall–Kier alpha value is -1.99. The minimum Gasteiger partial charge on any atom is -0.496 e. The summed E-state index contributed by atoms with van der Waals surface area (Å²) in [5, 5.41) is 15.3. The Labute approximate surface area is 129 Å². The van der Waals surface area contributed by atoms with E-state index in [-0.39, 0.29) is 11.9 Å². The van der Waals surface area contributed by atoms with Crippen LogP contribution in [0.4, 0.5) is 0 Å². The van der Waals surface area contributed by atoms with Crippen LogP contribution in [0.15, 0.2) is 12.1 Å². The second-order valence-electron chi connectivity index (χ2n) is 5.09. The van der Waals surface area contributed by atoms with Gasteiger partial charge in [0.15, 0.2) is 11.5 Å². The van der Waals surface area contributed by atoms with E-state index >= 15 is 0 Å². The molecule has 0 saturated carbocycles. The maximum absolute atomic E-state index is 12.1. The number of aliphatic hydroxyl groups excluding tert-OH is 1. The summed E-state index contributed by atoms with van der Waals surface area (Å²) in [5.41, 5.74) is 0.784. The first-order chi connectivity index (χ1) is 10.6. The molecule has 7 heteroatoms. The average molecular weight is 310 g/mol. The van der Waals surface area contributed by atoms with Gasteiger partial charge in [0.2, 0.25) is 5.91 Å². The summed E-state index contributed by atoms with van der Waals surface area (Å²) in [7, 11) is 4.66. The molecule has 1 amide bonds. The number of hydrogen-bond acceptors (Lipinski definition) is 6. The summed E-state index contributed by atoms with van der Waals surface area (Å²) >= 11 is 0. The van der Waals surface area contributed by atoms with Gasteiger partial charge in [-0.25, -0.2) is 0 Å². The fraction of sp³-hybridized carbons (Fsp3) is 0.533. The number of methoxy groups -OCH3 is 3. The maximum Gasteiger partial charge on any atom is 0.237 e. The van der Waals surface area contributed by atoms with Gasteiger partial charge in [0.25, 0.3) is 0 Å². The van der Waals surface area contributed by atoms with E-state index < -0.39 is 6.10 Å². The maximum atomic E-state index is 12.1. The van der Waals surface area contributed by atoms with Crippen LogP contribution >= 0.6 is 0 Å². The quantitative estimate of drug-likeness (QED) is 0.688. The number of amides is 1. The number of carbonyl (C=O) groups excluding carboxylic acids is 1. The number of benzene rings is 1. The lowest BCUT2D eigenvalue weighted by atomic mass is 10.1. The van der Waals surface area contributed by atoms with Gasteiger partial charge in [-0.05, 0) is 12.5 Å². The monoisotopic (exact) mass is 310 g/mol. The highest BCUT2D eigenvalue weighted by molar-refractivity contribution is 5.82. The van der Waals surface area contributed by atoms with Crippen molar-refractivity contribution >= 4 is 5.91 Å². The Kier molecular flexibility index (Phi) is 5.46. The van der Waals surface area contributed by atoms with Crippen molar-refractivity contribution in [2.45, 2.75) is 25.1 Å². The molecule has 1 fully saturated rings. The van der Waals surface area contributed by atoms with Gasteiger partial charge in [-0.2, -0.15) is 0 Å². The fourth-order valence-electron chi connectivity index (χ4n) is 2.45. The molecule has 1 saturated heterocycles. The molecule has 0 bridgehead atoms.